The molecule has 2 heterocycles. The lowest BCUT2D eigenvalue weighted by Crippen LogP contribution is -2.21. The summed E-state index contributed by atoms with van der Waals surface area (Å²) in [6.45, 7) is 0.474. The molecule has 2 aromatic heterocycles. The number of nitrogens with one attached hydrogen (secondary N) is 1. The predicted molar refractivity (Wildman–Crippen MR) is 64.9 cm³/mol. The van der Waals surface area contributed by atoms with Gasteiger partial charge in [-0.15, -0.1) is 35.3 Å². The number of carbonyl (C=O) groups excluding carboxylic acids is 1. The molecule has 0 atom stereocenters. The summed E-state index contributed by atoms with van der Waals surface area (Å²) in [5.74, 6) is -0.0756. The van der Waals surface area contributed by atoms with Gasteiger partial charge in [0.05, 0.1) is 22.6 Å². The van der Waals surface area contributed by atoms with E-state index >= 15 is 0 Å². The Morgan fingerprint density at radius 2 is 2.40 bits per heavy atom. The van der Waals surface area contributed by atoms with Crippen LogP contribution in [0.2, 0.25) is 0 Å². The van der Waals surface area contributed by atoms with E-state index in [1.807, 2.05) is 10.8 Å². The number of nitrogens with zero attached hydrogens (tertiary/aromatic N) is 1. The Morgan fingerprint density at radius 1 is 1.53 bits per heavy atom. The average molecular weight is 256 g/mol. The molecule has 0 aliphatic carbocycles. The number of thiazole rings is 1. The van der Waals surface area contributed by atoms with E-state index in [0.717, 1.165) is 10.6 Å². The highest BCUT2D eigenvalue weighted by Gasteiger charge is 2.07. The van der Waals surface area contributed by atoms with Gasteiger partial charge in [-0.1, -0.05) is 0 Å². The standard InChI is InChI=1S/C9H8N2OS3/c12-9(8-1-7(13)4-15-8)10-2-6-3-14-5-11-6/h1,3-5,13H,2H2,(H,10,12). The third-order valence-electron chi connectivity index (χ3n) is 1.72. The van der Waals surface area contributed by atoms with E-state index in [0.29, 0.717) is 11.4 Å². The molecule has 0 saturated heterocycles. The second-order valence-corrected chi connectivity index (χ2v) is 4.98. The molecule has 0 aliphatic rings. The van der Waals surface area contributed by atoms with Crippen molar-refractivity contribution in [3.05, 3.63) is 32.9 Å². The zero-order valence-electron chi connectivity index (χ0n) is 7.64. The van der Waals surface area contributed by atoms with Gasteiger partial charge in [0, 0.05) is 15.7 Å². The van der Waals surface area contributed by atoms with Crippen LogP contribution in [-0.2, 0) is 6.54 Å². The van der Waals surface area contributed by atoms with Crippen LogP contribution >= 0.6 is 35.3 Å². The Bertz CT molecular complexity index is 450. The molecule has 3 nitrogen and oxygen atoms in total. The molecule has 0 aliphatic heterocycles. The number of hydrogen-bond donors (Lipinski definition) is 2. The molecule has 0 bridgehead atoms. The molecule has 0 spiro atoms. The van der Waals surface area contributed by atoms with Crippen LogP contribution in [0, 0.1) is 0 Å². The van der Waals surface area contributed by atoms with E-state index in [2.05, 4.69) is 22.9 Å². The zero-order valence-corrected chi connectivity index (χ0v) is 10.2. The SMILES string of the molecule is O=C(NCc1cscn1)c1cc(S)cs1. The topological polar surface area (TPSA) is 42.0 Å². The lowest BCUT2D eigenvalue weighted by molar-refractivity contribution is 0.0954. The molecule has 0 radical (unpaired) electrons. The summed E-state index contributed by atoms with van der Waals surface area (Å²) in [5.41, 5.74) is 2.63. The average Bonchev–Trinajstić information content (AvgIpc) is 2.84. The predicted octanol–water partition coefficient (Wildman–Crippen LogP) is 2.42. The fourth-order valence-electron chi connectivity index (χ4n) is 1.03. The molecule has 0 aromatic carbocycles. The second kappa shape index (κ2) is 4.78. The summed E-state index contributed by atoms with van der Waals surface area (Å²) in [7, 11) is 0. The third-order valence-corrected chi connectivity index (χ3v) is 3.72. The van der Waals surface area contributed by atoms with Crippen LogP contribution in [0.4, 0.5) is 0 Å². The van der Waals surface area contributed by atoms with Gasteiger partial charge in [0.2, 0.25) is 0 Å². The van der Waals surface area contributed by atoms with E-state index < -0.39 is 0 Å². The van der Waals surface area contributed by atoms with Crippen molar-refractivity contribution < 1.29 is 4.79 Å². The Labute approximate surface area is 101 Å². The number of carbonyl (C=O) groups is 1. The van der Waals surface area contributed by atoms with Crippen molar-refractivity contribution in [3.8, 4) is 0 Å². The second-order valence-electron chi connectivity index (χ2n) is 2.83. The normalized spacial score (nSPS) is 10.2. The lowest BCUT2D eigenvalue weighted by atomic mass is 10.4. The molecular formula is C9H8N2OS3. The molecule has 2 aromatic rings. The zero-order chi connectivity index (χ0) is 10.7. The summed E-state index contributed by atoms with van der Waals surface area (Å²) >= 11 is 7.06. The quantitative estimate of drug-likeness (QED) is 0.828. The van der Waals surface area contributed by atoms with Gasteiger partial charge in [-0.3, -0.25) is 4.79 Å². The van der Waals surface area contributed by atoms with E-state index in [9.17, 15) is 4.79 Å². The minimum absolute atomic E-state index is 0.0756. The van der Waals surface area contributed by atoms with Gasteiger partial charge in [0.1, 0.15) is 0 Å². The van der Waals surface area contributed by atoms with Crippen LogP contribution in [0.25, 0.3) is 0 Å². The maximum Gasteiger partial charge on any atom is 0.261 e. The highest BCUT2D eigenvalue weighted by Crippen LogP contribution is 2.17. The first-order chi connectivity index (χ1) is 7.25. The van der Waals surface area contributed by atoms with Crippen molar-refractivity contribution in [2.75, 3.05) is 0 Å². The van der Waals surface area contributed by atoms with Crippen molar-refractivity contribution in [2.45, 2.75) is 11.4 Å². The molecule has 15 heavy (non-hydrogen) atoms. The Hall–Kier alpha value is -0.850. The fraction of sp³-hybridized carbons (Fsp3) is 0.111. The minimum atomic E-state index is -0.0756. The summed E-state index contributed by atoms with van der Waals surface area (Å²) in [4.78, 5) is 17.2. The first-order valence-electron chi connectivity index (χ1n) is 4.18. The number of rotatable bonds is 3. The molecule has 1 amide bonds. The summed E-state index contributed by atoms with van der Waals surface area (Å²) in [6.07, 6.45) is 0. The minimum Gasteiger partial charge on any atom is -0.346 e. The first-order valence-corrected chi connectivity index (χ1v) is 6.45. The molecule has 0 fully saturated rings. The van der Waals surface area contributed by atoms with E-state index in [1.165, 1.54) is 22.7 Å². The molecular weight excluding hydrogens is 248 g/mol. The first kappa shape index (κ1) is 10.7. The number of amides is 1. The monoisotopic (exact) mass is 256 g/mol. The maximum absolute atomic E-state index is 11.6. The Morgan fingerprint density at radius 3 is 3.00 bits per heavy atom. The van der Waals surface area contributed by atoms with Crippen LogP contribution < -0.4 is 5.32 Å². The fourth-order valence-corrected chi connectivity index (χ4v) is 2.65. The van der Waals surface area contributed by atoms with Crippen molar-refractivity contribution in [3.63, 3.8) is 0 Å². The lowest BCUT2D eigenvalue weighted by Gasteiger charge is -1.99. The van der Waals surface area contributed by atoms with E-state index in [1.54, 1.807) is 11.6 Å². The van der Waals surface area contributed by atoms with Gasteiger partial charge >= 0.3 is 0 Å². The van der Waals surface area contributed by atoms with Crippen molar-refractivity contribution in [1.29, 1.82) is 0 Å². The Kier molecular flexibility index (Phi) is 3.40. The van der Waals surface area contributed by atoms with Crippen molar-refractivity contribution >= 4 is 41.2 Å². The summed E-state index contributed by atoms with van der Waals surface area (Å²) in [6, 6.07) is 1.75. The van der Waals surface area contributed by atoms with Crippen molar-refractivity contribution in [1.82, 2.24) is 10.3 Å². The molecule has 2 rings (SSSR count). The van der Waals surface area contributed by atoms with Gasteiger partial charge in [0.15, 0.2) is 0 Å². The van der Waals surface area contributed by atoms with Gasteiger partial charge < -0.3 is 5.32 Å². The highest BCUT2D eigenvalue weighted by atomic mass is 32.1. The molecule has 1 N–H and O–H groups in total. The van der Waals surface area contributed by atoms with Gasteiger partial charge in [0.25, 0.3) is 5.91 Å². The van der Waals surface area contributed by atoms with Gasteiger partial charge in [-0.2, -0.15) is 0 Å². The van der Waals surface area contributed by atoms with Crippen LogP contribution in [0.3, 0.4) is 0 Å². The summed E-state index contributed by atoms with van der Waals surface area (Å²) < 4.78 is 0. The number of hydrogen-bond acceptors (Lipinski definition) is 5. The third kappa shape index (κ3) is 2.80. The van der Waals surface area contributed by atoms with Gasteiger partial charge in [-0.25, -0.2) is 4.98 Å². The van der Waals surface area contributed by atoms with Crippen LogP contribution in [-0.4, -0.2) is 10.9 Å². The maximum atomic E-state index is 11.6. The largest absolute Gasteiger partial charge is 0.346 e. The van der Waals surface area contributed by atoms with E-state index in [4.69, 9.17) is 0 Å². The summed E-state index contributed by atoms with van der Waals surface area (Å²) in [5, 5.41) is 6.55. The molecule has 0 unspecified atom stereocenters. The van der Waals surface area contributed by atoms with E-state index in [-0.39, 0.29) is 5.91 Å². The van der Waals surface area contributed by atoms with Crippen molar-refractivity contribution in [2.24, 2.45) is 0 Å². The molecule has 78 valence electrons. The highest BCUT2D eigenvalue weighted by molar-refractivity contribution is 7.80. The smallest absolute Gasteiger partial charge is 0.261 e. The number of aromatic nitrogens is 1. The van der Waals surface area contributed by atoms with Crippen LogP contribution in [0.1, 0.15) is 15.4 Å². The van der Waals surface area contributed by atoms with Gasteiger partial charge in [-0.05, 0) is 6.07 Å². The van der Waals surface area contributed by atoms with Crippen LogP contribution in [0.5, 0.6) is 0 Å². The Balaban J connectivity index is 1.93. The number of thiol groups is 1. The number of thiophene rings is 1. The van der Waals surface area contributed by atoms with Crippen LogP contribution in [0.15, 0.2) is 27.2 Å². The molecule has 6 heteroatoms. The molecule has 0 saturated carbocycles.